The number of phenols is 1. The third-order valence-electron chi connectivity index (χ3n) is 2.12. The Morgan fingerprint density at radius 1 is 0.889 bits per heavy atom. The largest absolute Gasteiger partial charge is 0.508 e. The number of benzene rings is 2. The molecule has 18 heavy (non-hydrogen) atoms. The molecule has 0 aliphatic heterocycles. The van der Waals surface area contributed by atoms with Gasteiger partial charge in [-0.05, 0) is 36.4 Å². The Balaban J connectivity index is 1.97. The van der Waals surface area contributed by atoms with Gasteiger partial charge in [-0.25, -0.2) is 0 Å². The monoisotopic (exact) mass is 279 g/mol. The predicted octanol–water partition coefficient (Wildman–Crippen LogP) is 4.10. The maximum absolute atomic E-state index is 10.5. The third-order valence-corrected chi connectivity index (χ3v) is 4.54. The van der Waals surface area contributed by atoms with Crippen molar-refractivity contribution in [1.29, 1.82) is 0 Å². The number of aromatic hydroxyl groups is 1. The van der Waals surface area contributed by atoms with E-state index in [2.05, 4.69) is 0 Å². The highest BCUT2D eigenvalue weighted by atomic mass is 33.1. The first-order valence-corrected chi connectivity index (χ1v) is 7.18. The molecule has 92 valence electrons. The van der Waals surface area contributed by atoms with E-state index in [0.717, 1.165) is 9.79 Å². The smallest absolute Gasteiger partial charge is 0.269 e. The lowest BCUT2D eigenvalue weighted by molar-refractivity contribution is -0.384. The van der Waals surface area contributed by atoms with Crippen molar-refractivity contribution in [2.24, 2.45) is 0 Å². The van der Waals surface area contributed by atoms with Gasteiger partial charge in [0.15, 0.2) is 0 Å². The zero-order valence-electron chi connectivity index (χ0n) is 9.15. The van der Waals surface area contributed by atoms with Crippen LogP contribution in [0.3, 0.4) is 0 Å². The summed E-state index contributed by atoms with van der Waals surface area (Å²) < 4.78 is 0. The number of phenolic OH excluding ortho intramolecular Hbond substituents is 1. The van der Waals surface area contributed by atoms with Crippen molar-refractivity contribution in [3.8, 4) is 5.75 Å². The highest BCUT2D eigenvalue weighted by Crippen LogP contribution is 2.38. The van der Waals surface area contributed by atoms with Gasteiger partial charge in [-0.2, -0.15) is 0 Å². The molecule has 1 N–H and O–H groups in total. The fourth-order valence-electron chi connectivity index (χ4n) is 1.22. The molecule has 0 unspecified atom stereocenters. The Kier molecular flexibility index (Phi) is 4.11. The van der Waals surface area contributed by atoms with E-state index >= 15 is 0 Å². The van der Waals surface area contributed by atoms with Crippen LogP contribution in [-0.4, -0.2) is 10.0 Å². The van der Waals surface area contributed by atoms with Crippen LogP contribution in [0, 0.1) is 10.1 Å². The predicted molar refractivity (Wildman–Crippen MR) is 72.9 cm³/mol. The standard InChI is InChI=1S/C12H9NO3S2/c14-10-3-7-12(8-4-10)18-17-11-5-1-9(2-6-11)13(15)16/h1-8,14H. The summed E-state index contributed by atoms with van der Waals surface area (Å²) in [4.78, 5) is 12.0. The highest BCUT2D eigenvalue weighted by molar-refractivity contribution is 8.76. The molecule has 0 aromatic heterocycles. The molecule has 2 aromatic rings. The summed E-state index contributed by atoms with van der Waals surface area (Å²) in [6, 6.07) is 13.3. The maximum Gasteiger partial charge on any atom is 0.269 e. The van der Waals surface area contributed by atoms with Crippen LogP contribution in [-0.2, 0) is 0 Å². The van der Waals surface area contributed by atoms with Crippen molar-refractivity contribution in [1.82, 2.24) is 0 Å². The minimum atomic E-state index is -0.415. The van der Waals surface area contributed by atoms with Crippen LogP contribution < -0.4 is 0 Å². The SMILES string of the molecule is O=[N+]([O-])c1ccc(SSc2ccc(O)cc2)cc1. The normalized spacial score (nSPS) is 10.2. The minimum Gasteiger partial charge on any atom is -0.508 e. The first kappa shape index (κ1) is 12.8. The van der Waals surface area contributed by atoms with Gasteiger partial charge in [0.25, 0.3) is 5.69 Å². The third kappa shape index (κ3) is 3.41. The van der Waals surface area contributed by atoms with Crippen LogP contribution in [0.2, 0.25) is 0 Å². The molecular weight excluding hydrogens is 270 g/mol. The Morgan fingerprint density at radius 2 is 1.33 bits per heavy atom. The van der Waals surface area contributed by atoms with Crippen LogP contribution in [0.25, 0.3) is 0 Å². The van der Waals surface area contributed by atoms with Gasteiger partial charge < -0.3 is 5.11 Å². The average Bonchev–Trinajstić information content (AvgIpc) is 2.38. The van der Waals surface area contributed by atoms with Gasteiger partial charge in [0.1, 0.15) is 5.75 Å². The lowest BCUT2D eigenvalue weighted by Gasteiger charge is -2.01. The number of nitrogens with zero attached hydrogens (tertiary/aromatic N) is 1. The molecule has 0 aliphatic carbocycles. The van der Waals surface area contributed by atoms with Crippen LogP contribution in [0.4, 0.5) is 5.69 Å². The molecule has 6 heteroatoms. The van der Waals surface area contributed by atoms with Crippen LogP contribution in [0.1, 0.15) is 0 Å². The molecule has 0 saturated carbocycles. The first-order chi connectivity index (χ1) is 8.65. The van der Waals surface area contributed by atoms with Crippen molar-refractivity contribution < 1.29 is 10.0 Å². The molecule has 0 fully saturated rings. The number of nitro benzene ring substituents is 1. The van der Waals surface area contributed by atoms with Crippen molar-refractivity contribution in [3.05, 3.63) is 58.6 Å². The lowest BCUT2D eigenvalue weighted by Crippen LogP contribution is -1.86. The van der Waals surface area contributed by atoms with E-state index in [0.29, 0.717) is 0 Å². The Labute approximate surface area is 112 Å². The molecule has 4 nitrogen and oxygen atoms in total. The van der Waals surface area contributed by atoms with Gasteiger partial charge in [-0.15, -0.1) is 0 Å². The maximum atomic E-state index is 10.5. The van der Waals surface area contributed by atoms with Gasteiger partial charge >= 0.3 is 0 Å². The van der Waals surface area contributed by atoms with Gasteiger partial charge in [0, 0.05) is 21.9 Å². The summed E-state index contributed by atoms with van der Waals surface area (Å²) in [6.07, 6.45) is 0. The number of hydrogen-bond acceptors (Lipinski definition) is 5. The van der Waals surface area contributed by atoms with Gasteiger partial charge in [-0.3, -0.25) is 10.1 Å². The van der Waals surface area contributed by atoms with E-state index in [1.165, 1.54) is 33.7 Å². The summed E-state index contributed by atoms with van der Waals surface area (Å²) in [5, 5.41) is 19.6. The van der Waals surface area contributed by atoms with E-state index in [-0.39, 0.29) is 11.4 Å². The molecular formula is C12H9NO3S2. The molecule has 0 aliphatic rings. The number of rotatable bonds is 4. The summed E-state index contributed by atoms with van der Waals surface area (Å²) >= 11 is 0. The second kappa shape index (κ2) is 5.79. The van der Waals surface area contributed by atoms with Crippen LogP contribution in [0.5, 0.6) is 5.75 Å². The van der Waals surface area contributed by atoms with Crippen molar-refractivity contribution in [2.45, 2.75) is 9.79 Å². The molecule has 2 aromatic carbocycles. The van der Waals surface area contributed by atoms with Gasteiger partial charge in [-0.1, -0.05) is 21.6 Å². The lowest BCUT2D eigenvalue weighted by atomic mass is 10.3. The zero-order chi connectivity index (χ0) is 13.0. The Morgan fingerprint density at radius 3 is 1.78 bits per heavy atom. The van der Waals surface area contributed by atoms with Crippen LogP contribution in [0.15, 0.2) is 58.3 Å². The summed E-state index contributed by atoms with van der Waals surface area (Å²) in [6.45, 7) is 0. The molecule has 0 atom stereocenters. The van der Waals surface area contributed by atoms with E-state index < -0.39 is 4.92 Å². The first-order valence-electron chi connectivity index (χ1n) is 5.03. The molecule has 0 spiro atoms. The van der Waals surface area contributed by atoms with Gasteiger partial charge in [0.05, 0.1) is 4.92 Å². The number of non-ortho nitro benzene ring substituents is 1. The molecule has 0 radical (unpaired) electrons. The van der Waals surface area contributed by atoms with Crippen molar-refractivity contribution in [3.63, 3.8) is 0 Å². The fraction of sp³-hybridized carbons (Fsp3) is 0. The van der Waals surface area contributed by atoms with Crippen molar-refractivity contribution in [2.75, 3.05) is 0 Å². The summed E-state index contributed by atoms with van der Waals surface area (Å²) in [5.74, 6) is 0.236. The second-order valence-electron chi connectivity index (χ2n) is 3.41. The van der Waals surface area contributed by atoms with E-state index in [1.807, 2.05) is 12.1 Å². The molecule has 0 saturated heterocycles. The molecule has 0 heterocycles. The van der Waals surface area contributed by atoms with E-state index in [1.54, 1.807) is 24.3 Å². The molecule has 2 rings (SSSR count). The topological polar surface area (TPSA) is 63.4 Å². The average molecular weight is 279 g/mol. The summed E-state index contributed by atoms with van der Waals surface area (Å²) in [7, 11) is 3.04. The number of nitro groups is 1. The van der Waals surface area contributed by atoms with Crippen LogP contribution >= 0.6 is 21.6 Å². The van der Waals surface area contributed by atoms with E-state index in [4.69, 9.17) is 5.11 Å². The van der Waals surface area contributed by atoms with E-state index in [9.17, 15) is 10.1 Å². The molecule has 0 bridgehead atoms. The Bertz CT molecular complexity index is 540. The van der Waals surface area contributed by atoms with Gasteiger partial charge in [0.2, 0.25) is 0 Å². The quantitative estimate of drug-likeness (QED) is 0.518. The highest BCUT2D eigenvalue weighted by Gasteiger charge is 2.04. The summed E-state index contributed by atoms with van der Waals surface area (Å²) in [5.41, 5.74) is 0.0917. The minimum absolute atomic E-state index is 0.0917. The number of hydrogen-bond donors (Lipinski definition) is 1. The second-order valence-corrected chi connectivity index (χ2v) is 5.69. The zero-order valence-corrected chi connectivity index (χ0v) is 10.8. The molecule has 0 amide bonds. The van der Waals surface area contributed by atoms with Crippen molar-refractivity contribution >= 4 is 27.3 Å². The Hall–Kier alpha value is -1.66. The fourth-order valence-corrected chi connectivity index (χ4v) is 3.15.